The molecule has 0 radical (unpaired) electrons. The van der Waals surface area contributed by atoms with Gasteiger partial charge in [-0.2, -0.15) is 26.3 Å². The summed E-state index contributed by atoms with van der Waals surface area (Å²) in [6.45, 7) is 6.48. The van der Waals surface area contributed by atoms with Gasteiger partial charge in [-0.1, -0.05) is 0 Å². The van der Waals surface area contributed by atoms with Gasteiger partial charge in [-0.05, 0) is 49.1 Å². The minimum atomic E-state index is -5.08. The second kappa shape index (κ2) is 13.7. The first-order valence-corrected chi connectivity index (χ1v) is 11.9. The van der Waals surface area contributed by atoms with Crippen LogP contribution in [0.5, 0.6) is 0 Å². The third-order valence-corrected chi connectivity index (χ3v) is 5.92. The maximum absolute atomic E-state index is 12.6. The van der Waals surface area contributed by atoms with Crippen LogP contribution in [0.1, 0.15) is 39.9 Å². The average molecular weight is 595 g/mol. The average Bonchev–Trinajstić information content (AvgIpc) is 2.86. The second-order valence-corrected chi connectivity index (χ2v) is 9.28. The van der Waals surface area contributed by atoms with E-state index in [4.69, 9.17) is 29.3 Å². The summed E-state index contributed by atoms with van der Waals surface area (Å²) < 4.78 is 75.7. The van der Waals surface area contributed by atoms with Gasteiger partial charge in [0.25, 0.3) is 5.91 Å². The molecule has 10 nitrogen and oxygen atoms in total. The molecule has 0 aliphatic carbocycles. The van der Waals surface area contributed by atoms with Gasteiger partial charge >= 0.3 is 24.3 Å². The molecule has 2 N–H and O–H groups in total. The van der Waals surface area contributed by atoms with Gasteiger partial charge in [0, 0.05) is 37.8 Å². The molecule has 2 saturated heterocycles. The summed E-state index contributed by atoms with van der Waals surface area (Å²) in [4.78, 5) is 40.6. The van der Waals surface area contributed by atoms with Crippen LogP contribution in [0.25, 0.3) is 0 Å². The molecule has 0 bridgehead atoms. The number of carbonyl (C=O) groups is 3. The molecule has 1 atom stereocenters. The molecule has 1 spiro atoms. The summed E-state index contributed by atoms with van der Waals surface area (Å²) in [6.07, 6.45) is -1.26. The summed E-state index contributed by atoms with van der Waals surface area (Å²) in [5.41, 5.74) is 3.68. The van der Waals surface area contributed by atoms with Crippen LogP contribution in [0, 0.1) is 13.8 Å². The number of carboxylic acid groups (broad SMARTS) is 2. The number of hydrogen-bond donors (Lipinski definition) is 2. The highest BCUT2D eigenvalue weighted by molar-refractivity contribution is 5.94. The zero-order chi connectivity index (χ0) is 31.0. The summed E-state index contributed by atoms with van der Waals surface area (Å²) in [7, 11) is 0. The van der Waals surface area contributed by atoms with Crippen LogP contribution >= 0.6 is 0 Å². The predicted octanol–water partition coefficient (Wildman–Crippen LogP) is 3.95. The number of pyridine rings is 2. The fraction of sp³-hybridized carbons (Fsp3) is 0.480. The monoisotopic (exact) mass is 595 g/mol. The maximum Gasteiger partial charge on any atom is 0.490 e. The molecule has 41 heavy (non-hydrogen) atoms. The van der Waals surface area contributed by atoms with Gasteiger partial charge in [-0.15, -0.1) is 0 Å². The van der Waals surface area contributed by atoms with Crippen molar-refractivity contribution in [3.8, 4) is 0 Å². The van der Waals surface area contributed by atoms with Crippen molar-refractivity contribution >= 4 is 17.8 Å². The van der Waals surface area contributed by atoms with Crippen molar-refractivity contribution in [2.45, 2.75) is 57.4 Å². The Kier molecular flexibility index (Phi) is 11.2. The van der Waals surface area contributed by atoms with E-state index in [1.807, 2.05) is 30.2 Å². The Labute approximate surface area is 229 Å². The number of aliphatic carboxylic acids is 2. The van der Waals surface area contributed by atoms with Gasteiger partial charge in [0.2, 0.25) is 0 Å². The lowest BCUT2D eigenvalue weighted by molar-refractivity contribution is -0.193. The van der Waals surface area contributed by atoms with E-state index in [1.54, 1.807) is 18.6 Å². The van der Waals surface area contributed by atoms with Gasteiger partial charge in [-0.25, -0.2) is 9.59 Å². The highest BCUT2D eigenvalue weighted by Crippen LogP contribution is 2.36. The summed E-state index contributed by atoms with van der Waals surface area (Å²) >= 11 is 0. The third kappa shape index (κ3) is 10.3. The number of hydrogen-bond acceptors (Lipinski definition) is 7. The van der Waals surface area contributed by atoms with E-state index >= 15 is 0 Å². The Morgan fingerprint density at radius 1 is 1.02 bits per heavy atom. The molecule has 226 valence electrons. The molecular weight excluding hydrogens is 568 g/mol. The Morgan fingerprint density at radius 2 is 1.61 bits per heavy atom. The lowest BCUT2D eigenvalue weighted by Gasteiger charge is -2.53. The number of halogens is 6. The lowest BCUT2D eigenvalue weighted by atomic mass is 9.84. The number of ether oxygens (including phenoxy) is 2. The molecule has 2 aliphatic heterocycles. The van der Waals surface area contributed by atoms with Gasteiger partial charge in [-0.3, -0.25) is 14.8 Å². The summed E-state index contributed by atoms with van der Waals surface area (Å²) in [6, 6.07) is 3.88. The number of aryl methyl sites for hydroxylation is 2. The highest BCUT2D eigenvalue weighted by Gasteiger charge is 2.49. The van der Waals surface area contributed by atoms with Gasteiger partial charge in [0.05, 0.1) is 31.4 Å². The van der Waals surface area contributed by atoms with Crippen molar-refractivity contribution in [1.29, 1.82) is 0 Å². The number of likely N-dealkylation sites (tertiary alicyclic amines) is 1. The van der Waals surface area contributed by atoms with Crippen molar-refractivity contribution in [2.24, 2.45) is 0 Å². The maximum atomic E-state index is 12.6. The number of nitrogens with zero attached hydrogens (tertiary/aromatic N) is 3. The molecule has 4 heterocycles. The first kappa shape index (κ1) is 33.4. The standard InChI is InChI=1S/C21H25N3O3.2C2HF3O2/c1-15-7-17(10-23-9-15)20(25)24-13-21(14-24)8-19(4-6-27-21)26-12-18-11-22-5-3-16(18)2;2*3-2(4,5)1(6)7/h3,5,7,9-11,19H,4,6,8,12-14H2,1-2H3;2*(H,6,7). The largest absolute Gasteiger partial charge is 0.490 e. The van der Waals surface area contributed by atoms with Gasteiger partial charge < -0.3 is 24.6 Å². The van der Waals surface area contributed by atoms with E-state index in [1.165, 1.54) is 5.56 Å². The predicted molar refractivity (Wildman–Crippen MR) is 128 cm³/mol. The molecule has 1 amide bonds. The SMILES string of the molecule is Cc1cncc(C(=O)N2CC3(CC(OCc4cnccc4C)CCO3)C2)c1.O=C(O)C(F)(F)F.O=C(O)C(F)(F)F. The van der Waals surface area contributed by atoms with Crippen LogP contribution < -0.4 is 0 Å². The van der Waals surface area contributed by atoms with Crippen LogP contribution in [0.15, 0.2) is 36.9 Å². The van der Waals surface area contributed by atoms with Crippen molar-refractivity contribution in [3.63, 3.8) is 0 Å². The number of alkyl halides is 6. The first-order chi connectivity index (χ1) is 18.9. The van der Waals surface area contributed by atoms with Crippen LogP contribution in [0.2, 0.25) is 0 Å². The molecule has 1 unspecified atom stereocenters. The number of carbonyl (C=O) groups excluding carboxylic acids is 1. The summed E-state index contributed by atoms with van der Waals surface area (Å²) in [5.74, 6) is -5.49. The van der Waals surface area contributed by atoms with E-state index < -0.39 is 24.3 Å². The van der Waals surface area contributed by atoms with Gasteiger partial charge in [0.1, 0.15) is 5.60 Å². The third-order valence-electron chi connectivity index (χ3n) is 5.92. The number of amides is 1. The fourth-order valence-electron chi connectivity index (χ4n) is 3.85. The zero-order valence-electron chi connectivity index (χ0n) is 21.8. The van der Waals surface area contributed by atoms with E-state index in [0.717, 1.165) is 24.0 Å². The van der Waals surface area contributed by atoms with E-state index in [9.17, 15) is 31.1 Å². The Morgan fingerprint density at radius 3 is 2.12 bits per heavy atom. The molecule has 2 aromatic heterocycles. The van der Waals surface area contributed by atoms with Crippen molar-refractivity contribution < 1.29 is 60.4 Å². The molecule has 0 saturated carbocycles. The second-order valence-electron chi connectivity index (χ2n) is 9.28. The van der Waals surface area contributed by atoms with Crippen LogP contribution in [0.4, 0.5) is 26.3 Å². The minimum Gasteiger partial charge on any atom is -0.475 e. The highest BCUT2D eigenvalue weighted by atomic mass is 19.4. The van der Waals surface area contributed by atoms with Crippen molar-refractivity contribution in [2.75, 3.05) is 19.7 Å². The number of aromatic nitrogens is 2. The quantitative estimate of drug-likeness (QED) is 0.503. The van der Waals surface area contributed by atoms with Crippen molar-refractivity contribution in [3.05, 3.63) is 59.2 Å². The number of carboxylic acids is 2. The number of rotatable bonds is 4. The molecule has 16 heteroatoms. The van der Waals surface area contributed by atoms with Gasteiger partial charge in [0.15, 0.2) is 0 Å². The van der Waals surface area contributed by atoms with Crippen LogP contribution in [0.3, 0.4) is 0 Å². The zero-order valence-corrected chi connectivity index (χ0v) is 21.8. The smallest absolute Gasteiger partial charge is 0.475 e. The molecule has 2 fully saturated rings. The normalized spacial score (nSPS) is 17.8. The van der Waals surface area contributed by atoms with E-state index in [2.05, 4.69) is 16.9 Å². The van der Waals surface area contributed by atoms with E-state index in [0.29, 0.717) is 31.9 Å². The van der Waals surface area contributed by atoms with Crippen molar-refractivity contribution in [1.82, 2.24) is 14.9 Å². The Hall–Kier alpha value is -3.79. The fourth-order valence-corrected chi connectivity index (χ4v) is 3.85. The summed E-state index contributed by atoms with van der Waals surface area (Å²) in [5, 5.41) is 14.2. The minimum absolute atomic E-state index is 0.0226. The lowest BCUT2D eigenvalue weighted by Crippen LogP contribution is -2.67. The molecule has 2 aliphatic rings. The van der Waals surface area contributed by atoms with Crippen LogP contribution in [-0.4, -0.2) is 86.7 Å². The Bertz CT molecular complexity index is 1190. The molecule has 0 aromatic carbocycles. The van der Waals surface area contributed by atoms with Crippen LogP contribution in [-0.2, 0) is 25.7 Å². The van der Waals surface area contributed by atoms with E-state index in [-0.39, 0.29) is 17.6 Å². The first-order valence-electron chi connectivity index (χ1n) is 11.9. The Balaban J connectivity index is 0.000000349. The molecule has 4 rings (SSSR count). The molecule has 2 aromatic rings. The molecular formula is C25H27F6N3O7. The topological polar surface area (TPSA) is 139 Å².